The topological polar surface area (TPSA) is 85.8 Å². The van der Waals surface area contributed by atoms with E-state index in [9.17, 15) is 0 Å². The average Bonchev–Trinajstić information content (AvgIpc) is 3.56. The van der Waals surface area contributed by atoms with Crippen molar-refractivity contribution in [2.24, 2.45) is 5.10 Å². The second-order valence-electron chi connectivity index (χ2n) is 7.94. The van der Waals surface area contributed by atoms with E-state index >= 15 is 0 Å². The lowest BCUT2D eigenvalue weighted by Gasteiger charge is -2.03. The lowest BCUT2D eigenvalue weighted by atomic mass is 10.1. The Labute approximate surface area is 211 Å². The first-order valence-electron chi connectivity index (χ1n) is 11.2. The zero-order chi connectivity index (χ0) is 24.3. The van der Waals surface area contributed by atoms with Crippen molar-refractivity contribution in [3.05, 3.63) is 114 Å². The molecular formula is C27H19ClN8. The number of fused-ring (bicyclic) bond motifs is 1. The van der Waals surface area contributed by atoms with Crippen molar-refractivity contribution >= 4 is 34.7 Å². The third-order valence-corrected chi connectivity index (χ3v) is 5.87. The summed E-state index contributed by atoms with van der Waals surface area (Å²) in [6.45, 7) is 0. The summed E-state index contributed by atoms with van der Waals surface area (Å²) >= 11 is 6.10. The fourth-order valence-corrected chi connectivity index (χ4v) is 4.01. The molecule has 0 aliphatic carbocycles. The Kier molecular flexibility index (Phi) is 5.69. The number of rotatable bonds is 6. The van der Waals surface area contributed by atoms with Crippen LogP contribution in [0.5, 0.6) is 0 Å². The molecule has 3 heterocycles. The Balaban J connectivity index is 1.34. The number of halogens is 1. The fraction of sp³-hybridized carbons (Fsp3) is 0. The minimum absolute atomic E-state index is 0.557. The van der Waals surface area contributed by atoms with Crippen LogP contribution in [-0.4, -0.2) is 35.7 Å². The van der Waals surface area contributed by atoms with Gasteiger partial charge >= 0.3 is 0 Å². The maximum absolute atomic E-state index is 6.10. The molecule has 0 aliphatic rings. The number of hydrogen-bond donors (Lipinski definition) is 1. The van der Waals surface area contributed by atoms with Gasteiger partial charge in [-0.15, -0.1) is 0 Å². The van der Waals surface area contributed by atoms with Crippen molar-refractivity contribution in [2.75, 3.05) is 5.43 Å². The Bertz CT molecular complexity index is 1660. The molecule has 3 aromatic carbocycles. The molecule has 1 N–H and O–H groups in total. The SMILES string of the molecule is Clc1ccc(-c2nn(-c3ccccc3)cc2/C=N\Nc2ncnc3c2cnn3-c2ccccc2)cc1. The molecular weight excluding hydrogens is 472 g/mol. The van der Waals surface area contributed by atoms with E-state index in [0.717, 1.165) is 33.6 Å². The van der Waals surface area contributed by atoms with Crippen LogP contribution in [0.1, 0.15) is 5.56 Å². The molecule has 6 rings (SSSR count). The van der Waals surface area contributed by atoms with Gasteiger partial charge in [0.05, 0.1) is 29.2 Å². The zero-order valence-corrected chi connectivity index (χ0v) is 19.7. The molecule has 3 aromatic heterocycles. The Morgan fingerprint density at radius 1 is 0.833 bits per heavy atom. The first-order chi connectivity index (χ1) is 17.8. The Morgan fingerprint density at radius 3 is 2.31 bits per heavy atom. The molecule has 0 amide bonds. The van der Waals surface area contributed by atoms with Crippen LogP contribution >= 0.6 is 11.6 Å². The summed E-state index contributed by atoms with van der Waals surface area (Å²) < 4.78 is 3.60. The molecule has 0 bridgehead atoms. The van der Waals surface area contributed by atoms with Gasteiger partial charge in [-0.2, -0.15) is 15.3 Å². The van der Waals surface area contributed by atoms with Crippen molar-refractivity contribution < 1.29 is 0 Å². The molecule has 8 nitrogen and oxygen atoms in total. The van der Waals surface area contributed by atoms with E-state index in [0.29, 0.717) is 16.5 Å². The van der Waals surface area contributed by atoms with Gasteiger partial charge in [0.2, 0.25) is 0 Å². The molecule has 9 heteroatoms. The van der Waals surface area contributed by atoms with Gasteiger partial charge in [0.25, 0.3) is 0 Å². The molecule has 0 spiro atoms. The minimum Gasteiger partial charge on any atom is -0.261 e. The first kappa shape index (κ1) is 21.7. The maximum Gasteiger partial charge on any atom is 0.168 e. The van der Waals surface area contributed by atoms with Crippen molar-refractivity contribution in [2.45, 2.75) is 0 Å². The van der Waals surface area contributed by atoms with Crippen LogP contribution in [0, 0.1) is 0 Å². The van der Waals surface area contributed by atoms with Crippen molar-refractivity contribution in [1.82, 2.24) is 29.5 Å². The lowest BCUT2D eigenvalue weighted by molar-refractivity contribution is 0.884. The number of aromatic nitrogens is 6. The highest BCUT2D eigenvalue weighted by Crippen LogP contribution is 2.25. The fourth-order valence-electron chi connectivity index (χ4n) is 3.88. The van der Waals surface area contributed by atoms with E-state index in [4.69, 9.17) is 16.7 Å². The van der Waals surface area contributed by atoms with Gasteiger partial charge in [-0.05, 0) is 36.4 Å². The van der Waals surface area contributed by atoms with Gasteiger partial charge < -0.3 is 0 Å². The summed E-state index contributed by atoms with van der Waals surface area (Å²) in [6.07, 6.45) is 6.89. The average molecular weight is 491 g/mol. The molecule has 0 saturated heterocycles. The highest BCUT2D eigenvalue weighted by Gasteiger charge is 2.13. The normalized spacial score (nSPS) is 11.4. The molecule has 0 radical (unpaired) electrons. The monoisotopic (exact) mass is 490 g/mol. The summed E-state index contributed by atoms with van der Waals surface area (Å²) in [5.41, 5.74) is 8.15. The van der Waals surface area contributed by atoms with Crippen LogP contribution in [0.15, 0.2) is 109 Å². The quantitative estimate of drug-likeness (QED) is 0.237. The highest BCUT2D eigenvalue weighted by molar-refractivity contribution is 6.30. The van der Waals surface area contributed by atoms with Crippen LogP contribution in [0.3, 0.4) is 0 Å². The van der Waals surface area contributed by atoms with E-state index < -0.39 is 0 Å². The Morgan fingerprint density at radius 2 is 1.56 bits per heavy atom. The van der Waals surface area contributed by atoms with Gasteiger partial charge in [0.1, 0.15) is 12.0 Å². The van der Waals surface area contributed by atoms with Gasteiger partial charge in [-0.3, -0.25) is 5.43 Å². The van der Waals surface area contributed by atoms with Gasteiger partial charge in [-0.25, -0.2) is 19.3 Å². The highest BCUT2D eigenvalue weighted by atomic mass is 35.5. The van der Waals surface area contributed by atoms with Crippen LogP contribution in [0.2, 0.25) is 5.02 Å². The summed E-state index contributed by atoms with van der Waals surface area (Å²) in [7, 11) is 0. The molecule has 174 valence electrons. The van der Waals surface area contributed by atoms with Gasteiger partial charge in [0.15, 0.2) is 11.5 Å². The third-order valence-electron chi connectivity index (χ3n) is 5.62. The lowest BCUT2D eigenvalue weighted by Crippen LogP contribution is -1.99. The second kappa shape index (κ2) is 9.44. The van der Waals surface area contributed by atoms with Crippen LogP contribution in [-0.2, 0) is 0 Å². The summed E-state index contributed by atoms with van der Waals surface area (Å²) in [6, 6.07) is 27.3. The number of anilines is 1. The number of nitrogens with zero attached hydrogens (tertiary/aromatic N) is 7. The standard InChI is InChI=1S/C27H19ClN8/c28-21-13-11-19(12-14-21)25-20(17-35(34-25)22-7-3-1-4-8-22)15-31-33-26-24-16-32-36(27(24)30-18-29-26)23-9-5-2-6-10-23/h1-18H,(H,29,30,33)/b31-15-. The van der Waals surface area contributed by atoms with E-state index in [1.54, 1.807) is 17.1 Å². The van der Waals surface area contributed by atoms with Crippen molar-refractivity contribution in [1.29, 1.82) is 0 Å². The second-order valence-corrected chi connectivity index (χ2v) is 8.38. The smallest absolute Gasteiger partial charge is 0.168 e. The molecule has 0 saturated carbocycles. The molecule has 0 fully saturated rings. The number of para-hydroxylation sites is 2. The summed E-state index contributed by atoms with van der Waals surface area (Å²) in [4.78, 5) is 8.78. The maximum atomic E-state index is 6.10. The number of hydrazone groups is 1. The molecule has 0 unspecified atom stereocenters. The van der Waals surface area contributed by atoms with Crippen molar-refractivity contribution in [3.63, 3.8) is 0 Å². The zero-order valence-electron chi connectivity index (χ0n) is 18.9. The van der Waals surface area contributed by atoms with Crippen LogP contribution in [0.25, 0.3) is 33.7 Å². The Hall–Kier alpha value is -4.82. The van der Waals surface area contributed by atoms with E-state index in [1.165, 1.54) is 6.33 Å². The van der Waals surface area contributed by atoms with E-state index in [-0.39, 0.29) is 0 Å². The van der Waals surface area contributed by atoms with Gasteiger partial charge in [-0.1, -0.05) is 60.1 Å². The van der Waals surface area contributed by atoms with E-state index in [2.05, 4.69) is 25.6 Å². The molecule has 36 heavy (non-hydrogen) atoms. The molecule has 0 aliphatic heterocycles. The summed E-state index contributed by atoms with van der Waals surface area (Å²) in [5.74, 6) is 0.557. The van der Waals surface area contributed by atoms with Gasteiger partial charge in [0, 0.05) is 22.3 Å². The first-order valence-corrected chi connectivity index (χ1v) is 11.6. The minimum atomic E-state index is 0.557. The van der Waals surface area contributed by atoms with Crippen molar-refractivity contribution in [3.8, 4) is 22.6 Å². The predicted octanol–water partition coefficient (Wildman–Crippen LogP) is 5.77. The predicted molar refractivity (Wildman–Crippen MR) is 142 cm³/mol. The third kappa shape index (κ3) is 4.21. The largest absolute Gasteiger partial charge is 0.261 e. The summed E-state index contributed by atoms with van der Waals surface area (Å²) in [5, 5.41) is 15.2. The number of nitrogens with one attached hydrogen (secondary N) is 1. The van der Waals surface area contributed by atoms with E-state index in [1.807, 2.05) is 95.8 Å². The molecule has 6 aromatic rings. The number of benzene rings is 3. The van der Waals surface area contributed by atoms with Crippen LogP contribution in [0.4, 0.5) is 5.82 Å². The molecule has 0 atom stereocenters. The van der Waals surface area contributed by atoms with Crippen LogP contribution < -0.4 is 5.43 Å². The number of hydrogen-bond acceptors (Lipinski definition) is 6.